The zero-order valence-corrected chi connectivity index (χ0v) is 23.6. The first-order chi connectivity index (χ1) is 17.6. The molecule has 196 valence electrons. The summed E-state index contributed by atoms with van der Waals surface area (Å²) in [6.07, 6.45) is 1.72. The zero-order chi connectivity index (χ0) is 27.1. The Morgan fingerprint density at radius 2 is 1.78 bits per heavy atom. The van der Waals surface area contributed by atoms with Gasteiger partial charge in [0.05, 0.1) is 22.4 Å². The zero-order valence-electron chi connectivity index (χ0n) is 21.3. The fourth-order valence-corrected chi connectivity index (χ4v) is 4.89. The highest BCUT2D eigenvalue weighted by atomic mass is 35.5. The van der Waals surface area contributed by atoms with Crippen LogP contribution in [0.1, 0.15) is 61.4 Å². The maximum atomic E-state index is 13.0. The van der Waals surface area contributed by atoms with Crippen molar-refractivity contribution < 1.29 is 9.59 Å². The topological polar surface area (TPSA) is 88.9 Å². The van der Waals surface area contributed by atoms with Crippen molar-refractivity contribution in [1.29, 1.82) is 0 Å². The van der Waals surface area contributed by atoms with Crippen molar-refractivity contribution in [3.8, 4) is 0 Å². The summed E-state index contributed by atoms with van der Waals surface area (Å²) in [4.78, 5) is 25.6. The van der Waals surface area contributed by atoms with Crippen LogP contribution in [0.25, 0.3) is 0 Å². The Labute approximate surface area is 232 Å². The average Bonchev–Trinajstić information content (AvgIpc) is 3.23. The van der Waals surface area contributed by atoms with Gasteiger partial charge in [-0.05, 0) is 47.7 Å². The molecule has 0 aliphatic rings. The van der Waals surface area contributed by atoms with Gasteiger partial charge in [-0.3, -0.25) is 9.59 Å². The third kappa shape index (κ3) is 7.60. The lowest BCUT2D eigenvalue weighted by molar-refractivity contribution is -0.113. The van der Waals surface area contributed by atoms with Crippen LogP contribution in [0, 0.1) is 5.92 Å². The van der Waals surface area contributed by atoms with E-state index in [0.29, 0.717) is 34.0 Å². The summed E-state index contributed by atoms with van der Waals surface area (Å²) in [5.41, 5.74) is 2.27. The molecule has 3 aromatic rings. The SMILES string of the molecule is C=CCn1c(SCC(=O)Nc2ccc(C(C)C)cc2)nnc1[C@H](NC(=O)c1ccc(Cl)cc1Cl)C(C)C. The van der Waals surface area contributed by atoms with E-state index in [1.54, 1.807) is 18.2 Å². The molecule has 0 saturated heterocycles. The maximum Gasteiger partial charge on any atom is 0.253 e. The molecule has 1 heterocycles. The van der Waals surface area contributed by atoms with E-state index in [9.17, 15) is 9.59 Å². The molecular weight excluding hydrogens is 529 g/mol. The fraction of sp³-hybridized carbons (Fsp3) is 0.333. The molecular formula is C27H31Cl2N5O2S. The molecule has 0 bridgehead atoms. The number of carbonyl (C=O) groups excluding carboxylic acids is 2. The highest BCUT2D eigenvalue weighted by Crippen LogP contribution is 2.27. The molecule has 0 aliphatic carbocycles. The minimum atomic E-state index is -0.450. The molecule has 37 heavy (non-hydrogen) atoms. The fourth-order valence-electron chi connectivity index (χ4n) is 3.64. The number of thioether (sulfide) groups is 1. The molecule has 2 amide bonds. The number of amides is 2. The summed E-state index contributed by atoms with van der Waals surface area (Å²) in [5.74, 6) is 0.653. The van der Waals surface area contributed by atoms with E-state index in [4.69, 9.17) is 23.2 Å². The second-order valence-electron chi connectivity index (χ2n) is 9.17. The summed E-state index contributed by atoms with van der Waals surface area (Å²) in [7, 11) is 0. The van der Waals surface area contributed by atoms with E-state index in [1.807, 2.05) is 42.7 Å². The van der Waals surface area contributed by atoms with Gasteiger partial charge in [0.25, 0.3) is 5.91 Å². The van der Waals surface area contributed by atoms with Crippen molar-refractivity contribution in [2.45, 2.75) is 51.4 Å². The van der Waals surface area contributed by atoms with Crippen LogP contribution in [0.3, 0.4) is 0 Å². The van der Waals surface area contributed by atoms with Gasteiger partial charge < -0.3 is 15.2 Å². The number of rotatable bonds is 11. The number of halogens is 2. The van der Waals surface area contributed by atoms with E-state index in [-0.39, 0.29) is 28.5 Å². The van der Waals surface area contributed by atoms with Crippen molar-refractivity contribution in [2.75, 3.05) is 11.1 Å². The number of hydrogen-bond acceptors (Lipinski definition) is 5. The predicted molar refractivity (Wildman–Crippen MR) is 152 cm³/mol. The van der Waals surface area contributed by atoms with Gasteiger partial charge in [0, 0.05) is 17.3 Å². The van der Waals surface area contributed by atoms with Crippen molar-refractivity contribution >= 4 is 52.5 Å². The van der Waals surface area contributed by atoms with Crippen LogP contribution in [0.15, 0.2) is 60.3 Å². The van der Waals surface area contributed by atoms with Crippen LogP contribution in [-0.4, -0.2) is 32.3 Å². The monoisotopic (exact) mass is 559 g/mol. The summed E-state index contributed by atoms with van der Waals surface area (Å²) in [5, 5.41) is 15.9. The lowest BCUT2D eigenvalue weighted by Crippen LogP contribution is -2.34. The van der Waals surface area contributed by atoms with Gasteiger partial charge in [-0.1, -0.05) is 80.9 Å². The minimum Gasteiger partial charge on any atom is -0.342 e. The Hall–Kier alpha value is -2.81. The number of allylic oxidation sites excluding steroid dienone is 1. The largest absolute Gasteiger partial charge is 0.342 e. The second-order valence-corrected chi connectivity index (χ2v) is 11.0. The maximum absolute atomic E-state index is 13.0. The summed E-state index contributed by atoms with van der Waals surface area (Å²) in [6, 6.07) is 12.1. The molecule has 0 spiro atoms. The van der Waals surface area contributed by atoms with Crippen molar-refractivity contribution in [1.82, 2.24) is 20.1 Å². The highest BCUT2D eigenvalue weighted by Gasteiger charge is 2.27. The van der Waals surface area contributed by atoms with E-state index >= 15 is 0 Å². The molecule has 0 radical (unpaired) electrons. The number of carbonyl (C=O) groups is 2. The average molecular weight is 561 g/mol. The van der Waals surface area contributed by atoms with Crippen LogP contribution in [0.2, 0.25) is 10.0 Å². The Bertz CT molecular complexity index is 1260. The normalized spacial score (nSPS) is 12.0. The van der Waals surface area contributed by atoms with Crippen molar-refractivity contribution in [2.24, 2.45) is 5.92 Å². The molecule has 2 aromatic carbocycles. The Morgan fingerprint density at radius 3 is 2.38 bits per heavy atom. The molecule has 0 aliphatic heterocycles. The number of aromatic nitrogens is 3. The Morgan fingerprint density at radius 1 is 1.08 bits per heavy atom. The molecule has 0 unspecified atom stereocenters. The van der Waals surface area contributed by atoms with E-state index in [0.717, 1.165) is 5.69 Å². The number of nitrogens with zero attached hydrogens (tertiary/aromatic N) is 3. The van der Waals surface area contributed by atoms with Gasteiger partial charge >= 0.3 is 0 Å². The van der Waals surface area contributed by atoms with Crippen molar-refractivity contribution in [3.05, 3.63) is 82.1 Å². The van der Waals surface area contributed by atoms with Gasteiger partial charge in [-0.15, -0.1) is 16.8 Å². The minimum absolute atomic E-state index is 0.00208. The van der Waals surface area contributed by atoms with Gasteiger partial charge in [-0.2, -0.15) is 0 Å². The van der Waals surface area contributed by atoms with Crippen LogP contribution in [0.5, 0.6) is 0 Å². The molecule has 10 heteroatoms. The quantitative estimate of drug-likeness (QED) is 0.200. The second kappa shape index (κ2) is 13.1. The lowest BCUT2D eigenvalue weighted by atomic mass is 10.0. The number of nitrogens with one attached hydrogen (secondary N) is 2. The number of hydrogen-bond donors (Lipinski definition) is 2. The third-order valence-electron chi connectivity index (χ3n) is 5.66. The van der Waals surface area contributed by atoms with E-state index in [2.05, 4.69) is 41.3 Å². The summed E-state index contributed by atoms with van der Waals surface area (Å²) in [6.45, 7) is 12.5. The first-order valence-corrected chi connectivity index (χ1v) is 13.7. The lowest BCUT2D eigenvalue weighted by Gasteiger charge is -2.23. The molecule has 3 rings (SSSR count). The molecule has 0 saturated carbocycles. The molecule has 2 N–H and O–H groups in total. The first-order valence-electron chi connectivity index (χ1n) is 11.9. The summed E-state index contributed by atoms with van der Waals surface area (Å²) >= 11 is 13.5. The number of benzene rings is 2. The molecule has 0 fully saturated rings. The van der Waals surface area contributed by atoms with E-state index < -0.39 is 6.04 Å². The van der Waals surface area contributed by atoms with Gasteiger partial charge in [0.15, 0.2) is 11.0 Å². The predicted octanol–water partition coefficient (Wildman–Crippen LogP) is 6.75. The molecule has 1 aromatic heterocycles. The summed E-state index contributed by atoms with van der Waals surface area (Å²) < 4.78 is 1.86. The Kier molecular flexibility index (Phi) is 10.2. The van der Waals surface area contributed by atoms with Crippen LogP contribution < -0.4 is 10.6 Å². The first kappa shape index (κ1) is 28.8. The van der Waals surface area contributed by atoms with Gasteiger partial charge in [0.2, 0.25) is 5.91 Å². The Balaban J connectivity index is 1.73. The molecule has 1 atom stereocenters. The van der Waals surface area contributed by atoms with Gasteiger partial charge in [0.1, 0.15) is 0 Å². The van der Waals surface area contributed by atoms with Gasteiger partial charge in [-0.25, -0.2) is 0 Å². The highest BCUT2D eigenvalue weighted by molar-refractivity contribution is 7.99. The van der Waals surface area contributed by atoms with Crippen LogP contribution in [-0.2, 0) is 11.3 Å². The molecule has 7 nitrogen and oxygen atoms in total. The third-order valence-corrected chi connectivity index (χ3v) is 7.17. The smallest absolute Gasteiger partial charge is 0.253 e. The van der Waals surface area contributed by atoms with Crippen LogP contribution >= 0.6 is 35.0 Å². The van der Waals surface area contributed by atoms with Crippen molar-refractivity contribution in [3.63, 3.8) is 0 Å². The van der Waals surface area contributed by atoms with E-state index in [1.165, 1.54) is 23.4 Å². The standard InChI is InChI=1S/C27H31Cl2N5O2S/c1-6-13-34-25(24(17(4)5)31-26(36)21-12-9-19(28)14-22(21)29)32-33-27(34)37-15-23(35)30-20-10-7-18(8-11-20)16(2)3/h6-12,14,16-17,24H,1,13,15H2,2-5H3,(H,30,35)(H,31,36)/t24-/m1/s1. The van der Waals surface area contributed by atoms with Crippen LogP contribution in [0.4, 0.5) is 5.69 Å². The number of anilines is 1.